The molecular formula is C20H33N3O3. The number of nitrogens with one attached hydrogen (secondary N) is 2. The molecule has 0 bridgehead atoms. The summed E-state index contributed by atoms with van der Waals surface area (Å²) in [6, 6.07) is 10.0. The van der Waals surface area contributed by atoms with Gasteiger partial charge in [0.25, 0.3) is 0 Å². The number of aliphatic hydroxyl groups is 1. The fourth-order valence-corrected chi connectivity index (χ4v) is 2.90. The lowest BCUT2D eigenvalue weighted by atomic mass is 10.0. The summed E-state index contributed by atoms with van der Waals surface area (Å²) in [5, 5.41) is 16.6. The van der Waals surface area contributed by atoms with Crippen molar-refractivity contribution in [3.8, 4) is 0 Å². The molecule has 0 aliphatic carbocycles. The first-order chi connectivity index (χ1) is 12.5. The van der Waals surface area contributed by atoms with E-state index in [0.29, 0.717) is 19.0 Å². The minimum atomic E-state index is -0.608. The number of nitrogens with zero attached hydrogens (tertiary/aromatic N) is 1. The van der Waals surface area contributed by atoms with Gasteiger partial charge in [-0.3, -0.25) is 4.99 Å². The zero-order valence-corrected chi connectivity index (χ0v) is 16.2. The lowest BCUT2D eigenvalue weighted by molar-refractivity contribution is -0.000639. The smallest absolute Gasteiger partial charge is 0.191 e. The Hall–Kier alpha value is -1.63. The van der Waals surface area contributed by atoms with Crippen LogP contribution < -0.4 is 10.6 Å². The molecule has 1 aliphatic heterocycles. The molecule has 3 unspecified atom stereocenters. The summed E-state index contributed by atoms with van der Waals surface area (Å²) in [5.74, 6) is 0.694. The molecule has 1 aliphatic rings. The Morgan fingerprint density at radius 2 is 2.12 bits per heavy atom. The van der Waals surface area contributed by atoms with Crippen LogP contribution >= 0.6 is 0 Å². The van der Waals surface area contributed by atoms with Crippen molar-refractivity contribution in [3.05, 3.63) is 35.9 Å². The van der Waals surface area contributed by atoms with Gasteiger partial charge in [-0.15, -0.1) is 0 Å². The van der Waals surface area contributed by atoms with Crippen molar-refractivity contribution in [1.82, 2.24) is 10.6 Å². The summed E-state index contributed by atoms with van der Waals surface area (Å²) in [4.78, 5) is 4.60. The van der Waals surface area contributed by atoms with Crippen molar-refractivity contribution >= 4 is 5.96 Å². The van der Waals surface area contributed by atoms with Crippen molar-refractivity contribution in [2.45, 2.75) is 51.4 Å². The molecule has 0 aromatic heterocycles. The van der Waals surface area contributed by atoms with Crippen LogP contribution in [0.1, 0.15) is 45.3 Å². The molecule has 6 nitrogen and oxygen atoms in total. The molecule has 1 saturated heterocycles. The quantitative estimate of drug-likeness (QED) is 0.463. The molecule has 26 heavy (non-hydrogen) atoms. The summed E-state index contributed by atoms with van der Waals surface area (Å²) in [6.07, 6.45) is 1.46. The van der Waals surface area contributed by atoms with Crippen LogP contribution in [0.5, 0.6) is 0 Å². The van der Waals surface area contributed by atoms with E-state index in [4.69, 9.17) is 9.47 Å². The lowest BCUT2D eigenvalue weighted by Crippen LogP contribution is -2.43. The van der Waals surface area contributed by atoms with Crippen LogP contribution in [0.4, 0.5) is 0 Å². The minimum Gasteiger partial charge on any atom is -0.389 e. The number of hydrogen-bond donors (Lipinski definition) is 3. The van der Waals surface area contributed by atoms with E-state index in [2.05, 4.69) is 22.5 Å². The first-order valence-corrected chi connectivity index (χ1v) is 9.53. The standard InChI is InChI=1S/C20H33N3O3/c1-4-21-19(23-15-20(3)11-8-12-26-20)22-13-18(24)14-25-16(2)17-9-6-5-7-10-17/h5-7,9-10,16,18,24H,4,8,11-15H2,1-3H3,(H2,21,22,23). The molecule has 1 aromatic carbocycles. The normalized spacial score (nSPS) is 22.8. The predicted octanol–water partition coefficient (Wildman–Crippen LogP) is 2.25. The van der Waals surface area contributed by atoms with E-state index in [1.165, 1.54) is 0 Å². The monoisotopic (exact) mass is 363 g/mol. The van der Waals surface area contributed by atoms with Gasteiger partial charge in [0.1, 0.15) is 0 Å². The fraction of sp³-hybridized carbons (Fsp3) is 0.650. The summed E-state index contributed by atoms with van der Waals surface area (Å²) in [5.41, 5.74) is 0.933. The molecule has 2 rings (SSSR count). The van der Waals surface area contributed by atoms with Crippen LogP contribution in [-0.2, 0) is 9.47 Å². The van der Waals surface area contributed by atoms with Crippen molar-refractivity contribution in [2.24, 2.45) is 4.99 Å². The van der Waals surface area contributed by atoms with E-state index >= 15 is 0 Å². The van der Waals surface area contributed by atoms with Crippen LogP contribution in [0.25, 0.3) is 0 Å². The Labute approximate surface area is 157 Å². The number of aliphatic imine (C=N–C) groups is 1. The minimum absolute atomic E-state index is 0.0489. The average molecular weight is 364 g/mol. The van der Waals surface area contributed by atoms with Crippen molar-refractivity contribution in [2.75, 3.05) is 32.8 Å². The number of hydrogen-bond acceptors (Lipinski definition) is 4. The third-order valence-electron chi connectivity index (χ3n) is 4.53. The second-order valence-corrected chi connectivity index (χ2v) is 7.02. The second-order valence-electron chi connectivity index (χ2n) is 7.02. The van der Waals surface area contributed by atoms with E-state index in [0.717, 1.165) is 31.6 Å². The van der Waals surface area contributed by atoms with Gasteiger partial charge in [-0.25, -0.2) is 0 Å². The van der Waals surface area contributed by atoms with Gasteiger partial charge in [0.05, 0.1) is 31.0 Å². The molecule has 1 fully saturated rings. The molecule has 0 spiro atoms. The Morgan fingerprint density at radius 1 is 1.35 bits per heavy atom. The number of aliphatic hydroxyl groups excluding tert-OH is 1. The molecular weight excluding hydrogens is 330 g/mol. The highest BCUT2D eigenvalue weighted by molar-refractivity contribution is 5.79. The Bertz CT molecular complexity index is 544. The van der Waals surface area contributed by atoms with Gasteiger partial charge in [0.15, 0.2) is 5.96 Å². The van der Waals surface area contributed by atoms with E-state index in [1.54, 1.807) is 0 Å². The van der Waals surface area contributed by atoms with Gasteiger partial charge in [-0.1, -0.05) is 30.3 Å². The number of rotatable bonds is 9. The van der Waals surface area contributed by atoms with E-state index in [9.17, 15) is 5.11 Å². The first kappa shape index (κ1) is 20.7. The zero-order chi connectivity index (χ0) is 18.8. The first-order valence-electron chi connectivity index (χ1n) is 9.53. The highest BCUT2D eigenvalue weighted by Gasteiger charge is 2.29. The lowest BCUT2D eigenvalue weighted by Gasteiger charge is -2.22. The average Bonchev–Trinajstić information content (AvgIpc) is 3.09. The summed E-state index contributed by atoms with van der Waals surface area (Å²) in [6.45, 7) is 8.94. The largest absolute Gasteiger partial charge is 0.389 e. The molecule has 1 aromatic rings. The molecule has 1 heterocycles. The van der Waals surface area contributed by atoms with Gasteiger partial charge in [-0.05, 0) is 39.2 Å². The molecule has 146 valence electrons. The van der Waals surface area contributed by atoms with Gasteiger partial charge < -0.3 is 25.2 Å². The zero-order valence-electron chi connectivity index (χ0n) is 16.2. The SMILES string of the molecule is CCNC(=NCC1(C)CCCO1)NCC(O)COC(C)c1ccccc1. The van der Waals surface area contributed by atoms with E-state index in [-0.39, 0.29) is 18.3 Å². The van der Waals surface area contributed by atoms with E-state index < -0.39 is 6.10 Å². The molecule has 0 radical (unpaired) electrons. The summed E-state index contributed by atoms with van der Waals surface area (Å²) < 4.78 is 11.5. The van der Waals surface area contributed by atoms with Crippen LogP contribution in [0.2, 0.25) is 0 Å². The Balaban J connectivity index is 1.74. The molecule has 0 amide bonds. The molecule has 0 saturated carbocycles. The third kappa shape index (κ3) is 6.94. The van der Waals surface area contributed by atoms with Crippen LogP contribution in [0.3, 0.4) is 0 Å². The molecule has 3 atom stereocenters. The van der Waals surface area contributed by atoms with Gasteiger partial charge in [-0.2, -0.15) is 0 Å². The topological polar surface area (TPSA) is 75.1 Å². The Morgan fingerprint density at radius 3 is 2.77 bits per heavy atom. The maximum Gasteiger partial charge on any atom is 0.191 e. The van der Waals surface area contributed by atoms with Crippen molar-refractivity contribution < 1.29 is 14.6 Å². The van der Waals surface area contributed by atoms with Crippen LogP contribution in [0.15, 0.2) is 35.3 Å². The van der Waals surface area contributed by atoms with Crippen LogP contribution in [0, 0.1) is 0 Å². The molecule has 6 heteroatoms. The maximum absolute atomic E-state index is 10.2. The number of guanidine groups is 1. The highest BCUT2D eigenvalue weighted by Crippen LogP contribution is 2.25. The molecule has 3 N–H and O–H groups in total. The third-order valence-corrected chi connectivity index (χ3v) is 4.53. The summed E-state index contributed by atoms with van der Waals surface area (Å²) >= 11 is 0. The Kier molecular flexibility index (Phi) is 8.35. The van der Waals surface area contributed by atoms with Gasteiger partial charge in [0.2, 0.25) is 0 Å². The van der Waals surface area contributed by atoms with Gasteiger partial charge in [0, 0.05) is 19.7 Å². The van der Waals surface area contributed by atoms with Crippen molar-refractivity contribution in [1.29, 1.82) is 0 Å². The highest BCUT2D eigenvalue weighted by atomic mass is 16.5. The second kappa shape index (κ2) is 10.5. The number of benzene rings is 1. The van der Waals surface area contributed by atoms with Gasteiger partial charge >= 0.3 is 0 Å². The fourth-order valence-electron chi connectivity index (χ4n) is 2.90. The summed E-state index contributed by atoms with van der Waals surface area (Å²) in [7, 11) is 0. The maximum atomic E-state index is 10.2. The van der Waals surface area contributed by atoms with Crippen LogP contribution in [-0.4, -0.2) is 55.6 Å². The van der Waals surface area contributed by atoms with Crippen molar-refractivity contribution in [3.63, 3.8) is 0 Å². The van der Waals surface area contributed by atoms with E-state index in [1.807, 2.05) is 44.2 Å². The predicted molar refractivity (Wildman–Crippen MR) is 104 cm³/mol. The number of ether oxygens (including phenoxy) is 2.